The Labute approximate surface area is 179 Å². The van der Waals surface area contributed by atoms with E-state index in [9.17, 15) is 9.59 Å². The number of nitrogens with one attached hydrogen (secondary N) is 2. The zero-order chi connectivity index (χ0) is 20.9. The third-order valence-electron chi connectivity index (χ3n) is 5.23. The third-order valence-corrected chi connectivity index (χ3v) is 5.95. The minimum atomic E-state index is -0.240. The average molecular weight is 424 g/mol. The molecule has 30 heavy (non-hydrogen) atoms. The summed E-state index contributed by atoms with van der Waals surface area (Å²) in [5.74, 6) is 0.0767. The Hall–Kier alpha value is -3.00. The quantitative estimate of drug-likeness (QED) is 0.591. The van der Waals surface area contributed by atoms with Gasteiger partial charge in [0, 0.05) is 42.3 Å². The Morgan fingerprint density at radius 2 is 1.97 bits per heavy atom. The Kier molecular flexibility index (Phi) is 6.23. The van der Waals surface area contributed by atoms with E-state index in [0.717, 1.165) is 47.5 Å². The second kappa shape index (κ2) is 9.21. The summed E-state index contributed by atoms with van der Waals surface area (Å²) in [6, 6.07) is 13.1. The van der Waals surface area contributed by atoms with E-state index < -0.39 is 0 Å². The van der Waals surface area contributed by atoms with Gasteiger partial charge in [0.1, 0.15) is 0 Å². The molecule has 0 saturated carbocycles. The van der Waals surface area contributed by atoms with Crippen LogP contribution in [0, 0.1) is 0 Å². The molecule has 0 spiro atoms. The second-order valence-corrected chi connectivity index (χ2v) is 8.13. The highest BCUT2D eigenvalue weighted by Crippen LogP contribution is 2.19. The largest absolute Gasteiger partial charge is 0.339 e. The minimum Gasteiger partial charge on any atom is -0.339 e. The molecule has 0 atom stereocenters. The number of imidazole rings is 1. The summed E-state index contributed by atoms with van der Waals surface area (Å²) < 4.78 is 1.98. The van der Waals surface area contributed by atoms with Gasteiger partial charge in [0.25, 0.3) is 5.91 Å². The zero-order valence-electron chi connectivity index (χ0n) is 16.9. The zero-order valence-corrected chi connectivity index (χ0v) is 17.7. The number of hydrogen-bond acceptors (Lipinski definition) is 4. The number of fused-ring (bicyclic) bond motifs is 1. The van der Waals surface area contributed by atoms with Crippen molar-refractivity contribution in [1.82, 2.24) is 19.8 Å². The minimum absolute atomic E-state index is 0.0767. The van der Waals surface area contributed by atoms with E-state index in [1.54, 1.807) is 18.1 Å². The molecule has 1 aromatic heterocycles. The molecule has 8 heteroatoms. The van der Waals surface area contributed by atoms with Crippen LogP contribution < -0.4 is 10.6 Å². The van der Waals surface area contributed by atoms with E-state index >= 15 is 0 Å². The number of thioether (sulfide) groups is 1. The van der Waals surface area contributed by atoms with Gasteiger partial charge in [-0.1, -0.05) is 6.07 Å². The number of carbonyl (C=O) groups is 2. The van der Waals surface area contributed by atoms with Crippen molar-refractivity contribution in [3.05, 3.63) is 54.4 Å². The number of amides is 3. The monoisotopic (exact) mass is 423 g/mol. The fraction of sp³-hybridized carbons (Fsp3) is 0.318. The summed E-state index contributed by atoms with van der Waals surface area (Å²) in [5, 5.41) is 5.72. The van der Waals surface area contributed by atoms with Crippen molar-refractivity contribution in [3.63, 3.8) is 0 Å². The molecule has 1 saturated heterocycles. The van der Waals surface area contributed by atoms with Gasteiger partial charge in [0.15, 0.2) is 0 Å². The smallest absolute Gasteiger partial charge is 0.319 e. The number of anilines is 1. The normalized spacial score (nSPS) is 13.6. The third kappa shape index (κ3) is 4.59. The van der Waals surface area contributed by atoms with E-state index in [2.05, 4.69) is 15.6 Å². The summed E-state index contributed by atoms with van der Waals surface area (Å²) in [6.45, 7) is 2.73. The molecule has 3 amide bonds. The lowest BCUT2D eigenvalue weighted by Gasteiger charge is -2.15. The first-order chi connectivity index (χ1) is 14.6. The van der Waals surface area contributed by atoms with Crippen LogP contribution >= 0.6 is 11.8 Å². The number of urea groups is 1. The van der Waals surface area contributed by atoms with Gasteiger partial charge in [-0.2, -0.15) is 0 Å². The molecule has 7 nitrogen and oxygen atoms in total. The molecule has 4 rings (SSSR count). The topological polar surface area (TPSA) is 79.3 Å². The Balaban J connectivity index is 1.33. The Bertz CT molecular complexity index is 1060. The van der Waals surface area contributed by atoms with Crippen LogP contribution in [0.2, 0.25) is 0 Å². The van der Waals surface area contributed by atoms with Gasteiger partial charge in [-0.3, -0.25) is 4.79 Å². The number of carbonyl (C=O) groups excluding carboxylic acids is 2. The standard InChI is InChI=1S/C22H25N5O2S/c1-30-18-6-4-5-17(14-18)25-22(29)23-9-12-27-15-24-19-13-16(7-8-20(19)27)21(28)26-10-2-3-11-26/h4-8,13-15H,2-3,9-12H2,1H3,(H2,23,25,29). The van der Waals surface area contributed by atoms with E-state index in [0.29, 0.717) is 18.7 Å². The molecule has 0 unspecified atom stereocenters. The first-order valence-electron chi connectivity index (χ1n) is 10.1. The maximum absolute atomic E-state index is 12.6. The summed E-state index contributed by atoms with van der Waals surface area (Å²) in [6.07, 6.45) is 5.90. The molecular weight excluding hydrogens is 398 g/mol. The van der Waals surface area contributed by atoms with Crippen LogP contribution in [0.3, 0.4) is 0 Å². The number of aromatic nitrogens is 2. The lowest BCUT2D eigenvalue weighted by atomic mass is 10.1. The van der Waals surface area contributed by atoms with Crippen molar-refractivity contribution in [3.8, 4) is 0 Å². The molecule has 2 aromatic carbocycles. The predicted molar refractivity (Wildman–Crippen MR) is 120 cm³/mol. The molecule has 2 heterocycles. The highest BCUT2D eigenvalue weighted by molar-refractivity contribution is 7.98. The van der Waals surface area contributed by atoms with Gasteiger partial charge < -0.3 is 20.1 Å². The predicted octanol–water partition coefficient (Wildman–Crippen LogP) is 3.82. The molecule has 1 fully saturated rings. The van der Waals surface area contributed by atoms with Gasteiger partial charge >= 0.3 is 6.03 Å². The van der Waals surface area contributed by atoms with Gasteiger partial charge in [0.05, 0.1) is 17.4 Å². The van der Waals surface area contributed by atoms with Gasteiger partial charge in [-0.15, -0.1) is 11.8 Å². The maximum Gasteiger partial charge on any atom is 0.319 e. The summed E-state index contributed by atoms with van der Waals surface area (Å²) >= 11 is 1.63. The molecule has 1 aliphatic rings. The fourth-order valence-corrected chi connectivity index (χ4v) is 4.10. The van der Waals surface area contributed by atoms with E-state index in [1.807, 2.05) is 58.2 Å². The Morgan fingerprint density at radius 1 is 1.13 bits per heavy atom. The number of benzene rings is 2. The maximum atomic E-state index is 12.6. The molecule has 3 aromatic rings. The molecule has 0 bridgehead atoms. The van der Waals surface area contributed by atoms with Crippen LogP contribution in [0.1, 0.15) is 23.2 Å². The fourth-order valence-electron chi connectivity index (χ4n) is 3.64. The molecular formula is C22H25N5O2S. The first-order valence-corrected chi connectivity index (χ1v) is 11.3. The van der Waals surface area contributed by atoms with Crippen LogP contribution in [-0.2, 0) is 6.54 Å². The van der Waals surface area contributed by atoms with Crippen molar-refractivity contribution in [1.29, 1.82) is 0 Å². The van der Waals surface area contributed by atoms with Crippen molar-refractivity contribution in [2.45, 2.75) is 24.3 Å². The molecule has 2 N–H and O–H groups in total. The Morgan fingerprint density at radius 3 is 2.77 bits per heavy atom. The van der Waals surface area contributed by atoms with Crippen LogP contribution in [0.15, 0.2) is 53.7 Å². The van der Waals surface area contributed by atoms with Gasteiger partial charge in [-0.25, -0.2) is 9.78 Å². The molecule has 0 radical (unpaired) electrons. The summed E-state index contributed by atoms with van der Waals surface area (Å²) in [5.41, 5.74) is 3.18. The molecule has 0 aliphatic carbocycles. The van der Waals surface area contributed by atoms with Gasteiger partial charge in [0.2, 0.25) is 0 Å². The average Bonchev–Trinajstić information content (AvgIpc) is 3.43. The first kappa shape index (κ1) is 20.3. The number of likely N-dealkylation sites (tertiary alicyclic amines) is 1. The number of rotatable bonds is 6. The van der Waals surface area contributed by atoms with E-state index in [4.69, 9.17) is 0 Å². The second-order valence-electron chi connectivity index (χ2n) is 7.25. The van der Waals surface area contributed by atoms with Crippen molar-refractivity contribution < 1.29 is 9.59 Å². The number of hydrogen-bond donors (Lipinski definition) is 2. The highest BCUT2D eigenvalue weighted by Gasteiger charge is 2.20. The van der Waals surface area contributed by atoms with E-state index in [1.165, 1.54) is 0 Å². The van der Waals surface area contributed by atoms with Crippen molar-refractivity contribution in [2.75, 3.05) is 31.2 Å². The number of nitrogens with zero attached hydrogens (tertiary/aromatic N) is 3. The van der Waals surface area contributed by atoms with Crippen molar-refractivity contribution >= 4 is 40.4 Å². The highest BCUT2D eigenvalue weighted by atomic mass is 32.2. The molecule has 1 aliphatic heterocycles. The lowest BCUT2D eigenvalue weighted by Crippen LogP contribution is -2.31. The van der Waals surface area contributed by atoms with Crippen LogP contribution in [0.25, 0.3) is 11.0 Å². The summed E-state index contributed by atoms with van der Waals surface area (Å²) in [7, 11) is 0. The SMILES string of the molecule is CSc1cccc(NC(=O)NCCn2cnc3cc(C(=O)N4CCCC4)ccc32)c1. The summed E-state index contributed by atoms with van der Waals surface area (Å²) in [4.78, 5) is 32.2. The van der Waals surface area contributed by atoms with Crippen LogP contribution in [-0.4, -0.2) is 52.3 Å². The van der Waals surface area contributed by atoms with Gasteiger partial charge in [-0.05, 0) is 55.5 Å². The van der Waals surface area contributed by atoms with Crippen LogP contribution in [0.4, 0.5) is 10.5 Å². The van der Waals surface area contributed by atoms with Crippen molar-refractivity contribution in [2.24, 2.45) is 0 Å². The lowest BCUT2D eigenvalue weighted by molar-refractivity contribution is 0.0793. The van der Waals surface area contributed by atoms with Crippen LogP contribution in [0.5, 0.6) is 0 Å². The van der Waals surface area contributed by atoms with E-state index in [-0.39, 0.29) is 11.9 Å². The molecule has 156 valence electrons.